The van der Waals surface area contributed by atoms with Crippen molar-refractivity contribution in [3.05, 3.63) is 200 Å². The number of rotatable bonds is 5. The average Bonchev–Trinajstić information content (AvgIpc) is 3.22. The van der Waals surface area contributed by atoms with Crippen LogP contribution in [0.1, 0.15) is 0 Å². The van der Waals surface area contributed by atoms with Gasteiger partial charge in [-0.15, -0.1) is 0 Å². The molecular weight excluding hydrogens is 627 g/mol. The minimum Gasteiger partial charge on any atom is -0.256 e. The van der Waals surface area contributed by atoms with Gasteiger partial charge in [0, 0.05) is 11.8 Å². The first kappa shape index (κ1) is 30.0. The van der Waals surface area contributed by atoms with Crippen molar-refractivity contribution < 1.29 is 0 Å². The van der Waals surface area contributed by atoms with E-state index in [1.807, 2.05) is 6.20 Å². The van der Waals surface area contributed by atoms with E-state index in [0.717, 1.165) is 16.8 Å². The summed E-state index contributed by atoms with van der Waals surface area (Å²) in [6.45, 7) is 0. The van der Waals surface area contributed by atoms with Gasteiger partial charge in [-0.1, -0.05) is 170 Å². The Labute approximate surface area is 303 Å². The van der Waals surface area contributed by atoms with Gasteiger partial charge in [0.25, 0.3) is 0 Å². The normalized spacial score (nSPS) is 11.5. The van der Waals surface area contributed by atoms with Gasteiger partial charge in [-0.3, -0.25) is 4.98 Å². The topological polar surface area (TPSA) is 12.9 Å². The minimum atomic E-state index is 0.972. The van der Waals surface area contributed by atoms with Crippen molar-refractivity contribution in [2.45, 2.75) is 0 Å². The molecule has 0 aliphatic rings. The Morgan fingerprint density at radius 2 is 0.808 bits per heavy atom. The molecule has 10 aromatic rings. The molecule has 0 amide bonds. The molecule has 0 N–H and O–H groups in total. The third-order valence-electron chi connectivity index (χ3n) is 10.5. The fourth-order valence-corrected chi connectivity index (χ4v) is 8.09. The summed E-state index contributed by atoms with van der Waals surface area (Å²) in [6.07, 6.45) is 1.93. The summed E-state index contributed by atoms with van der Waals surface area (Å²) in [5, 5.41) is 9.97. The van der Waals surface area contributed by atoms with Crippen LogP contribution in [0.25, 0.3) is 98.9 Å². The van der Waals surface area contributed by atoms with E-state index >= 15 is 0 Å². The zero-order chi connectivity index (χ0) is 34.4. The van der Waals surface area contributed by atoms with E-state index in [-0.39, 0.29) is 0 Å². The Balaban J connectivity index is 1.15. The standard InChI is InChI=1S/C51H33N/c1-2-14-35(15-3-1)41-27-28-48(43-20-7-6-19-42(41)43)51-46-23-10-8-21-44(46)50(45-22-9-11-24-47(45)51)40-18-12-17-37(32-40)38-29-30-52-49(33-38)39-26-25-34-13-4-5-16-36(34)31-39/h1-33H. The molecule has 242 valence electrons. The lowest BCUT2D eigenvalue weighted by Crippen LogP contribution is -1.93. The number of hydrogen-bond donors (Lipinski definition) is 0. The van der Waals surface area contributed by atoms with Gasteiger partial charge in [-0.2, -0.15) is 0 Å². The van der Waals surface area contributed by atoms with Gasteiger partial charge in [-0.25, -0.2) is 0 Å². The molecule has 1 heteroatoms. The summed E-state index contributed by atoms with van der Waals surface area (Å²) in [6, 6.07) is 70.4. The molecule has 0 aliphatic carbocycles. The van der Waals surface area contributed by atoms with E-state index in [1.54, 1.807) is 0 Å². The molecule has 10 rings (SSSR count). The van der Waals surface area contributed by atoms with Gasteiger partial charge in [0.15, 0.2) is 0 Å². The van der Waals surface area contributed by atoms with Crippen molar-refractivity contribution in [1.82, 2.24) is 4.98 Å². The fraction of sp³-hybridized carbons (Fsp3) is 0. The highest BCUT2D eigenvalue weighted by atomic mass is 14.7. The summed E-state index contributed by atoms with van der Waals surface area (Å²) in [7, 11) is 0. The van der Waals surface area contributed by atoms with Crippen molar-refractivity contribution in [3.63, 3.8) is 0 Å². The van der Waals surface area contributed by atoms with E-state index in [2.05, 4.69) is 194 Å². The highest BCUT2D eigenvalue weighted by Gasteiger charge is 2.19. The summed E-state index contributed by atoms with van der Waals surface area (Å²) in [4.78, 5) is 4.79. The second kappa shape index (κ2) is 12.5. The zero-order valence-corrected chi connectivity index (χ0v) is 28.5. The molecule has 0 saturated heterocycles. The molecule has 1 heterocycles. The lowest BCUT2D eigenvalue weighted by molar-refractivity contribution is 1.33. The minimum absolute atomic E-state index is 0.972. The monoisotopic (exact) mass is 659 g/mol. The van der Waals surface area contributed by atoms with Crippen LogP contribution in [0.4, 0.5) is 0 Å². The second-order valence-electron chi connectivity index (χ2n) is 13.5. The Bertz CT molecular complexity index is 2900. The average molecular weight is 660 g/mol. The number of fused-ring (bicyclic) bond motifs is 4. The van der Waals surface area contributed by atoms with Gasteiger partial charge in [0.05, 0.1) is 5.69 Å². The van der Waals surface area contributed by atoms with Crippen molar-refractivity contribution in [3.8, 4) is 55.8 Å². The van der Waals surface area contributed by atoms with Crippen molar-refractivity contribution in [2.75, 3.05) is 0 Å². The van der Waals surface area contributed by atoms with Gasteiger partial charge < -0.3 is 0 Å². The molecule has 1 aromatic heterocycles. The van der Waals surface area contributed by atoms with Crippen LogP contribution in [-0.2, 0) is 0 Å². The number of benzene rings is 9. The highest BCUT2D eigenvalue weighted by Crippen LogP contribution is 2.46. The molecule has 52 heavy (non-hydrogen) atoms. The number of nitrogens with zero attached hydrogens (tertiary/aromatic N) is 1. The predicted molar refractivity (Wildman–Crippen MR) is 221 cm³/mol. The molecule has 0 radical (unpaired) electrons. The van der Waals surface area contributed by atoms with Crippen LogP contribution in [-0.4, -0.2) is 4.98 Å². The largest absolute Gasteiger partial charge is 0.256 e. The van der Waals surface area contributed by atoms with Crippen LogP contribution >= 0.6 is 0 Å². The van der Waals surface area contributed by atoms with Crippen molar-refractivity contribution in [2.24, 2.45) is 0 Å². The third-order valence-corrected chi connectivity index (χ3v) is 10.5. The third kappa shape index (κ3) is 5.06. The van der Waals surface area contributed by atoms with Crippen LogP contribution in [0.5, 0.6) is 0 Å². The first-order chi connectivity index (χ1) is 25.8. The number of aromatic nitrogens is 1. The van der Waals surface area contributed by atoms with E-state index in [1.165, 1.54) is 82.0 Å². The van der Waals surface area contributed by atoms with Crippen LogP contribution in [0, 0.1) is 0 Å². The first-order valence-electron chi connectivity index (χ1n) is 17.9. The van der Waals surface area contributed by atoms with E-state index < -0.39 is 0 Å². The van der Waals surface area contributed by atoms with Crippen LogP contribution < -0.4 is 0 Å². The zero-order valence-electron chi connectivity index (χ0n) is 28.5. The Morgan fingerprint density at radius 1 is 0.269 bits per heavy atom. The summed E-state index contributed by atoms with van der Waals surface area (Å²) in [5.74, 6) is 0. The van der Waals surface area contributed by atoms with Gasteiger partial charge in [-0.05, 0) is 112 Å². The van der Waals surface area contributed by atoms with Crippen LogP contribution in [0.15, 0.2) is 200 Å². The lowest BCUT2D eigenvalue weighted by Gasteiger charge is -2.20. The SMILES string of the molecule is c1ccc(-c2ccc(-c3c4ccccc4c(-c4cccc(-c5ccnc(-c6ccc7ccccc7c6)c5)c4)c4ccccc34)c3ccccc23)cc1. The Hall–Kier alpha value is -6.83. The molecule has 1 nitrogen and oxygen atoms in total. The van der Waals surface area contributed by atoms with Crippen LogP contribution in [0.3, 0.4) is 0 Å². The van der Waals surface area contributed by atoms with Crippen LogP contribution in [0.2, 0.25) is 0 Å². The summed E-state index contributed by atoms with van der Waals surface area (Å²) >= 11 is 0. The van der Waals surface area contributed by atoms with Crippen molar-refractivity contribution >= 4 is 43.1 Å². The summed E-state index contributed by atoms with van der Waals surface area (Å²) in [5.41, 5.74) is 11.9. The first-order valence-corrected chi connectivity index (χ1v) is 17.9. The Kier molecular flexibility index (Phi) is 7.22. The fourth-order valence-electron chi connectivity index (χ4n) is 8.09. The summed E-state index contributed by atoms with van der Waals surface area (Å²) < 4.78 is 0. The molecule has 0 fully saturated rings. The second-order valence-corrected chi connectivity index (χ2v) is 13.5. The molecule has 0 bridgehead atoms. The number of pyridine rings is 1. The molecule has 0 saturated carbocycles. The van der Waals surface area contributed by atoms with Crippen molar-refractivity contribution in [1.29, 1.82) is 0 Å². The molecule has 0 atom stereocenters. The maximum absolute atomic E-state index is 4.79. The van der Waals surface area contributed by atoms with E-state index in [9.17, 15) is 0 Å². The maximum atomic E-state index is 4.79. The molecule has 0 unspecified atom stereocenters. The highest BCUT2D eigenvalue weighted by molar-refractivity contribution is 6.24. The van der Waals surface area contributed by atoms with E-state index in [0.29, 0.717) is 0 Å². The number of hydrogen-bond acceptors (Lipinski definition) is 1. The molecule has 0 aliphatic heterocycles. The van der Waals surface area contributed by atoms with E-state index in [4.69, 9.17) is 4.98 Å². The molecular formula is C51H33N. The molecule has 9 aromatic carbocycles. The predicted octanol–water partition coefficient (Wildman–Crippen LogP) is 14.0. The van der Waals surface area contributed by atoms with Gasteiger partial charge >= 0.3 is 0 Å². The van der Waals surface area contributed by atoms with Gasteiger partial charge in [0.1, 0.15) is 0 Å². The quantitative estimate of drug-likeness (QED) is 0.168. The Morgan fingerprint density at radius 3 is 1.54 bits per heavy atom. The molecule has 0 spiro atoms. The lowest BCUT2D eigenvalue weighted by atomic mass is 9.83. The smallest absolute Gasteiger partial charge is 0.0708 e. The van der Waals surface area contributed by atoms with Gasteiger partial charge in [0.2, 0.25) is 0 Å². The maximum Gasteiger partial charge on any atom is 0.0708 e.